The molecule has 0 saturated carbocycles. The average molecular weight is 259 g/mol. The summed E-state index contributed by atoms with van der Waals surface area (Å²) in [4.78, 5) is 0. The van der Waals surface area contributed by atoms with Crippen LogP contribution in [0.4, 0.5) is 0 Å². The summed E-state index contributed by atoms with van der Waals surface area (Å²) in [6.45, 7) is -0.350. The van der Waals surface area contributed by atoms with Gasteiger partial charge in [0.2, 0.25) is 0 Å². The second-order valence-corrected chi connectivity index (χ2v) is 4.90. The highest BCUT2D eigenvalue weighted by atomic mass is 32.2. The van der Waals surface area contributed by atoms with Crippen molar-refractivity contribution >= 4 is 28.9 Å². The van der Waals surface area contributed by atoms with Crippen molar-refractivity contribution < 1.29 is 8.31 Å². The van der Waals surface area contributed by atoms with Crippen molar-refractivity contribution in [2.24, 2.45) is 5.73 Å². The van der Waals surface area contributed by atoms with Gasteiger partial charge in [0.1, 0.15) is 0 Å². The first-order valence-electron chi connectivity index (χ1n) is 5.66. The lowest BCUT2D eigenvalue weighted by Crippen LogP contribution is -2.45. The van der Waals surface area contributed by atoms with Crippen molar-refractivity contribution in [3.05, 3.63) is 60.7 Å². The molecule has 0 radical (unpaired) electrons. The molecule has 0 spiro atoms. The van der Waals surface area contributed by atoms with E-state index < -0.39 is 11.1 Å². The molecular formula is C13H14BNO2S. The third kappa shape index (κ3) is 3.29. The highest BCUT2D eigenvalue weighted by Gasteiger charge is 2.23. The van der Waals surface area contributed by atoms with Gasteiger partial charge in [-0.2, -0.15) is 0 Å². The van der Waals surface area contributed by atoms with Crippen molar-refractivity contribution in [2.45, 2.75) is 0 Å². The molecular weight excluding hydrogens is 245 g/mol. The Labute approximate surface area is 110 Å². The van der Waals surface area contributed by atoms with E-state index in [1.165, 1.54) is 0 Å². The van der Waals surface area contributed by atoms with Crippen LogP contribution in [0.5, 0.6) is 0 Å². The first-order chi connectivity index (χ1) is 8.81. The zero-order valence-corrected chi connectivity index (χ0v) is 10.7. The van der Waals surface area contributed by atoms with Gasteiger partial charge in [0.05, 0.1) is 5.88 Å². The van der Waals surface area contributed by atoms with Crippen LogP contribution >= 0.6 is 0 Å². The molecule has 1 unspecified atom stereocenters. The molecule has 0 aliphatic carbocycles. The van der Waals surface area contributed by atoms with Crippen LogP contribution in [0.3, 0.4) is 0 Å². The molecule has 0 aliphatic rings. The maximum atomic E-state index is 11.5. The Morgan fingerprint density at radius 1 is 0.944 bits per heavy atom. The van der Waals surface area contributed by atoms with Crippen molar-refractivity contribution in [3.8, 4) is 0 Å². The summed E-state index contributed by atoms with van der Waals surface area (Å²) in [5.41, 5.74) is 7.28. The zero-order chi connectivity index (χ0) is 12.8. The lowest BCUT2D eigenvalue weighted by atomic mass is 9.56. The smallest absolute Gasteiger partial charge is 0.340 e. The molecule has 0 amide bonds. The van der Waals surface area contributed by atoms with Gasteiger partial charge in [-0.15, -0.1) is 0 Å². The predicted octanol–water partition coefficient (Wildman–Crippen LogP) is 0.389. The summed E-state index contributed by atoms with van der Waals surface area (Å²) >= 11 is -1.48. The van der Waals surface area contributed by atoms with Crippen molar-refractivity contribution in [3.63, 3.8) is 0 Å². The summed E-state index contributed by atoms with van der Waals surface area (Å²) in [5, 5.41) is 0. The van der Waals surface area contributed by atoms with Gasteiger partial charge in [-0.05, 0) is 10.9 Å². The lowest BCUT2D eigenvalue weighted by molar-refractivity contribution is 0.584. The lowest BCUT2D eigenvalue weighted by Gasteiger charge is -2.13. The molecule has 2 rings (SSSR count). The summed E-state index contributed by atoms with van der Waals surface area (Å²) < 4.78 is 17.1. The van der Waals surface area contributed by atoms with Crippen molar-refractivity contribution in [1.29, 1.82) is 0 Å². The van der Waals surface area contributed by atoms with Crippen molar-refractivity contribution in [1.82, 2.24) is 0 Å². The number of benzene rings is 2. The number of rotatable bonds is 5. The molecule has 3 nitrogen and oxygen atoms in total. The highest BCUT2D eigenvalue weighted by molar-refractivity contribution is 7.81. The van der Waals surface area contributed by atoms with E-state index in [0.29, 0.717) is 0 Å². The van der Waals surface area contributed by atoms with Gasteiger partial charge in [0, 0.05) is 0 Å². The Bertz CT molecular complexity index is 467. The van der Waals surface area contributed by atoms with Gasteiger partial charge in [0.15, 0.2) is 11.1 Å². The monoisotopic (exact) mass is 259 g/mol. The molecule has 0 saturated heterocycles. The second-order valence-electron chi connectivity index (χ2n) is 3.77. The van der Waals surface area contributed by atoms with E-state index >= 15 is 0 Å². The number of hydrogen-bond acceptors (Lipinski definition) is 3. The maximum absolute atomic E-state index is 11.5. The standard InChI is InChI=1S/C13H14BNO2S/c15-11-18(16)17-14(12-7-3-1-4-8-12)13-9-5-2-6-10-13/h1-10H,11,15H2. The number of hydrogen-bond donors (Lipinski definition) is 1. The molecule has 0 heterocycles. The normalized spacial score (nSPS) is 12.1. The van der Waals surface area contributed by atoms with Gasteiger partial charge in [-0.3, -0.25) is 0 Å². The Hall–Kier alpha value is -1.43. The fourth-order valence-corrected chi connectivity index (χ4v) is 2.22. The Balaban J connectivity index is 2.32. The Morgan fingerprint density at radius 3 is 1.78 bits per heavy atom. The molecule has 2 N–H and O–H groups in total. The zero-order valence-electron chi connectivity index (χ0n) is 9.86. The number of nitrogens with two attached hydrogens (primary N) is 1. The van der Waals surface area contributed by atoms with Crippen molar-refractivity contribution in [2.75, 3.05) is 5.88 Å². The minimum atomic E-state index is -1.48. The van der Waals surface area contributed by atoms with Crippen LogP contribution < -0.4 is 16.7 Å². The SMILES string of the molecule is NCS(=O)OB(c1ccccc1)c1ccccc1. The third-order valence-corrected chi connectivity index (χ3v) is 3.22. The summed E-state index contributed by atoms with van der Waals surface area (Å²) in [6, 6.07) is 19.4. The Kier molecular flexibility index (Phi) is 4.69. The predicted molar refractivity (Wildman–Crippen MR) is 76.2 cm³/mol. The molecule has 18 heavy (non-hydrogen) atoms. The van der Waals surface area contributed by atoms with E-state index in [-0.39, 0.29) is 12.8 Å². The fourth-order valence-electron chi connectivity index (χ4n) is 1.71. The van der Waals surface area contributed by atoms with E-state index in [9.17, 15) is 4.21 Å². The average Bonchev–Trinajstić information content (AvgIpc) is 2.46. The summed E-state index contributed by atoms with van der Waals surface area (Å²) in [6.07, 6.45) is 0. The van der Waals surface area contributed by atoms with E-state index in [1.807, 2.05) is 60.7 Å². The molecule has 0 aromatic heterocycles. The van der Waals surface area contributed by atoms with Crippen LogP contribution in [0.2, 0.25) is 0 Å². The molecule has 2 aromatic carbocycles. The van der Waals surface area contributed by atoms with Gasteiger partial charge < -0.3 is 9.83 Å². The maximum Gasteiger partial charge on any atom is 0.380 e. The molecule has 0 bridgehead atoms. The minimum absolute atomic E-state index is 0.00380. The van der Waals surface area contributed by atoms with E-state index in [0.717, 1.165) is 10.9 Å². The molecule has 2 aromatic rings. The van der Waals surface area contributed by atoms with E-state index in [2.05, 4.69) is 0 Å². The highest BCUT2D eigenvalue weighted by Crippen LogP contribution is 1.96. The van der Waals surface area contributed by atoms with E-state index in [4.69, 9.17) is 9.83 Å². The molecule has 5 heteroatoms. The van der Waals surface area contributed by atoms with Crippen LogP contribution in [0.1, 0.15) is 0 Å². The quantitative estimate of drug-likeness (QED) is 0.790. The Morgan fingerprint density at radius 2 is 1.39 bits per heavy atom. The summed E-state index contributed by atoms with van der Waals surface area (Å²) in [5.74, 6) is -0.00380. The van der Waals surface area contributed by atoms with Crippen LogP contribution in [0.25, 0.3) is 0 Å². The fraction of sp³-hybridized carbons (Fsp3) is 0.0769. The first-order valence-corrected chi connectivity index (χ1v) is 6.91. The molecule has 0 fully saturated rings. The van der Waals surface area contributed by atoms with Crippen LogP contribution in [0, 0.1) is 0 Å². The molecule has 0 aliphatic heterocycles. The van der Waals surface area contributed by atoms with Crippen LogP contribution in [-0.4, -0.2) is 17.0 Å². The van der Waals surface area contributed by atoms with Crippen LogP contribution in [0.15, 0.2) is 60.7 Å². The third-order valence-electron chi connectivity index (χ3n) is 2.54. The summed E-state index contributed by atoms with van der Waals surface area (Å²) in [7, 11) is 0. The van der Waals surface area contributed by atoms with Gasteiger partial charge >= 0.3 is 6.92 Å². The largest absolute Gasteiger partial charge is 0.380 e. The topological polar surface area (TPSA) is 52.3 Å². The van der Waals surface area contributed by atoms with Gasteiger partial charge in [0.25, 0.3) is 0 Å². The minimum Gasteiger partial charge on any atom is -0.340 e. The molecule has 92 valence electrons. The van der Waals surface area contributed by atoms with Gasteiger partial charge in [-0.25, -0.2) is 4.21 Å². The van der Waals surface area contributed by atoms with Crippen LogP contribution in [-0.2, 0) is 15.2 Å². The first kappa shape index (κ1) is 13.0. The second kappa shape index (κ2) is 6.49. The molecule has 1 atom stereocenters. The van der Waals surface area contributed by atoms with E-state index in [1.54, 1.807) is 0 Å². The van der Waals surface area contributed by atoms with Gasteiger partial charge in [-0.1, -0.05) is 60.7 Å².